The number of amidine groups is 1. The van der Waals surface area contributed by atoms with Crippen molar-refractivity contribution in [1.82, 2.24) is 10.1 Å². The normalized spacial score (nSPS) is 15.2. The Morgan fingerprint density at radius 1 is 1.09 bits per heavy atom. The molecular formula is C25H26N4O2S. The number of aromatic nitrogens is 2. The van der Waals surface area contributed by atoms with Gasteiger partial charge in [0.15, 0.2) is 11.0 Å². The predicted molar refractivity (Wildman–Crippen MR) is 130 cm³/mol. The van der Waals surface area contributed by atoms with Gasteiger partial charge >= 0.3 is 0 Å². The third-order valence-corrected chi connectivity index (χ3v) is 6.11. The Kier molecular flexibility index (Phi) is 6.55. The fourth-order valence-corrected chi connectivity index (χ4v) is 4.13. The molecular weight excluding hydrogens is 420 g/mol. The Balaban J connectivity index is 1.63. The number of aliphatic imine (C=N–C) groups is 1. The van der Waals surface area contributed by atoms with Crippen LogP contribution in [0.4, 0.5) is 5.69 Å². The first kappa shape index (κ1) is 22.0. The first-order valence-electron chi connectivity index (χ1n) is 10.7. The Morgan fingerprint density at radius 3 is 2.44 bits per heavy atom. The maximum absolute atomic E-state index is 13.3. The third-order valence-electron chi connectivity index (χ3n) is 5.17. The van der Waals surface area contributed by atoms with Gasteiger partial charge in [-0.2, -0.15) is 4.98 Å². The molecule has 0 unspecified atom stereocenters. The van der Waals surface area contributed by atoms with E-state index in [4.69, 9.17) is 4.52 Å². The summed E-state index contributed by atoms with van der Waals surface area (Å²) in [7, 11) is 0. The molecule has 0 radical (unpaired) electrons. The second-order valence-electron chi connectivity index (χ2n) is 7.97. The first-order valence-corrected chi connectivity index (χ1v) is 11.7. The van der Waals surface area contributed by atoms with Gasteiger partial charge in [0.25, 0.3) is 5.91 Å². The maximum atomic E-state index is 13.3. The topological polar surface area (TPSA) is 71.6 Å². The van der Waals surface area contributed by atoms with Crippen molar-refractivity contribution in [1.29, 1.82) is 0 Å². The molecule has 1 aromatic heterocycles. The lowest BCUT2D eigenvalue weighted by Gasteiger charge is -2.17. The summed E-state index contributed by atoms with van der Waals surface area (Å²) in [6.45, 7) is 8.31. The number of benzene rings is 2. The number of nitrogens with zero attached hydrogens (tertiary/aromatic N) is 4. The summed E-state index contributed by atoms with van der Waals surface area (Å²) in [6, 6.07) is 16.1. The molecule has 0 N–H and O–H groups in total. The smallest absolute Gasteiger partial charge is 0.283 e. The van der Waals surface area contributed by atoms with E-state index in [-0.39, 0.29) is 5.91 Å². The Labute approximate surface area is 192 Å². The van der Waals surface area contributed by atoms with Gasteiger partial charge in [-0.1, -0.05) is 79.7 Å². The molecule has 0 fully saturated rings. The maximum Gasteiger partial charge on any atom is 0.283 e. The predicted octanol–water partition coefficient (Wildman–Crippen LogP) is 5.74. The van der Waals surface area contributed by atoms with Crippen molar-refractivity contribution in [2.24, 2.45) is 4.99 Å². The highest BCUT2D eigenvalue weighted by Crippen LogP contribution is 2.31. The quantitative estimate of drug-likeness (QED) is 0.452. The summed E-state index contributed by atoms with van der Waals surface area (Å²) >= 11 is 1.42. The van der Waals surface area contributed by atoms with E-state index in [0.29, 0.717) is 40.7 Å². The molecule has 3 aromatic rings. The largest absolute Gasteiger partial charge is 0.339 e. The molecule has 4 rings (SSSR count). The molecule has 0 atom stereocenters. The van der Waals surface area contributed by atoms with Gasteiger partial charge in [0.1, 0.15) is 5.70 Å². The van der Waals surface area contributed by atoms with E-state index in [1.165, 1.54) is 17.3 Å². The second-order valence-corrected chi connectivity index (χ2v) is 8.91. The average molecular weight is 447 g/mol. The number of anilines is 1. The zero-order valence-corrected chi connectivity index (χ0v) is 19.5. The van der Waals surface area contributed by atoms with Gasteiger partial charge < -0.3 is 4.52 Å². The van der Waals surface area contributed by atoms with Gasteiger partial charge in [0.05, 0.1) is 11.4 Å². The van der Waals surface area contributed by atoms with Gasteiger partial charge in [-0.05, 0) is 42.2 Å². The number of carbonyl (C=O) groups is 1. The van der Waals surface area contributed by atoms with Crippen LogP contribution in [0.15, 0.2) is 63.7 Å². The Morgan fingerprint density at radius 2 is 1.81 bits per heavy atom. The van der Waals surface area contributed by atoms with Crippen LogP contribution in [0, 0.1) is 6.92 Å². The van der Waals surface area contributed by atoms with Crippen molar-refractivity contribution in [3.63, 3.8) is 0 Å². The van der Waals surface area contributed by atoms with Crippen molar-refractivity contribution in [2.75, 3.05) is 4.90 Å². The Hall–Kier alpha value is -3.19. The zero-order chi connectivity index (χ0) is 22.7. The van der Waals surface area contributed by atoms with Crippen LogP contribution in [-0.2, 0) is 17.0 Å². The molecule has 0 saturated carbocycles. The van der Waals surface area contributed by atoms with Crippen molar-refractivity contribution >= 4 is 34.6 Å². The van der Waals surface area contributed by atoms with Crippen LogP contribution >= 0.6 is 11.8 Å². The molecule has 164 valence electrons. The third kappa shape index (κ3) is 4.83. The molecule has 32 heavy (non-hydrogen) atoms. The van der Waals surface area contributed by atoms with Gasteiger partial charge in [-0.3, -0.25) is 9.69 Å². The fraction of sp³-hybridized carbons (Fsp3) is 0.280. The van der Waals surface area contributed by atoms with Crippen LogP contribution in [0.25, 0.3) is 6.08 Å². The van der Waals surface area contributed by atoms with Gasteiger partial charge in [0, 0.05) is 6.42 Å². The summed E-state index contributed by atoms with van der Waals surface area (Å²) in [5.74, 6) is 1.97. The molecule has 0 aliphatic carbocycles. The van der Waals surface area contributed by atoms with E-state index in [0.717, 1.165) is 16.8 Å². The van der Waals surface area contributed by atoms with Crippen LogP contribution in [-0.4, -0.2) is 21.2 Å². The van der Waals surface area contributed by atoms with Crippen LogP contribution in [0.2, 0.25) is 0 Å². The number of rotatable bonds is 6. The molecule has 1 aliphatic rings. The van der Waals surface area contributed by atoms with Crippen LogP contribution in [0.5, 0.6) is 0 Å². The average Bonchev–Trinajstić information content (AvgIpc) is 3.38. The number of thioether (sulfide) groups is 1. The van der Waals surface area contributed by atoms with E-state index in [1.807, 2.05) is 56.3 Å². The molecule has 1 amide bonds. The number of carbonyl (C=O) groups excluding carboxylic acids is 1. The van der Waals surface area contributed by atoms with E-state index >= 15 is 0 Å². The van der Waals surface area contributed by atoms with Gasteiger partial charge in [-0.15, -0.1) is 0 Å². The van der Waals surface area contributed by atoms with Crippen LogP contribution < -0.4 is 4.90 Å². The monoisotopic (exact) mass is 446 g/mol. The lowest BCUT2D eigenvalue weighted by Crippen LogP contribution is -2.30. The number of aryl methyl sites for hydroxylation is 2. The van der Waals surface area contributed by atoms with Crippen molar-refractivity contribution in [2.45, 2.75) is 45.8 Å². The van der Waals surface area contributed by atoms with Gasteiger partial charge in [-0.25, -0.2) is 4.99 Å². The van der Waals surface area contributed by atoms with Crippen molar-refractivity contribution in [3.05, 3.63) is 82.6 Å². The van der Waals surface area contributed by atoms with E-state index in [2.05, 4.69) is 41.1 Å². The highest BCUT2D eigenvalue weighted by atomic mass is 32.2. The zero-order valence-electron chi connectivity index (χ0n) is 18.7. The summed E-state index contributed by atoms with van der Waals surface area (Å²) in [4.78, 5) is 24.0. The fourth-order valence-electron chi connectivity index (χ4n) is 3.27. The minimum absolute atomic E-state index is 0.147. The standard InChI is InChI=1S/C25H26N4O2S/c1-5-23-27-22(28-31-23)15-32-25-26-21(14-18-8-10-19(11-9-18)16(2)3)24(30)29(25)20-12-6-17(4)7-13-20/h6-14,16H,5,15H2,1-4H3/b21-14+. The molecule has 7 heteroatoms. The molecule has 2 aromatic carbocycles. The van der Waals surface area contributed by atoms with Crippen LogP contribution in [0.1, 0.15) is 55.1 Å². The van der Waals surface area contributed by atoms with E-state index < -0.39 is 0 Å². The SMILES string of the molecule is CCc1nc(CSC2=N/C(=C/c3ccc(C(C)C)cc3)C(=O)N2c2ccc(C)cc2)no1. The summed E-state index contributed by atoms with van der Waals surface area (Å²) in [5.41, 5.74) is 4.53. The Bertz CT molecular complexity index is 1160. The minimum atomic E-state index is -0.147. The molecule has 0 spiro atoms. The lowest BCUT2D eigenvalue weighted by atomic mass is 10.0. The highest BCUT2D eigenvalue weighted by Gasteiger charge is 2.32. The second kappa shape index (κ2) is 9.53. The number of amides is 1. The van der Waals surface area contributed by atoms with E-state index in [9.17, 15) is 4.79 Å². The lowest BCUT2D eigenvalue weighted by molar-refractivity contribution is -0.113. The van der Waals surface area contributed by atoms with Gasteiger partial charge in [0.2, 0.25) is 5.89 Å². The highest BCUT2D eigenvalue weighted by molar-refractivity contribution is 8.13. The molecule has 6 nitrogen and oxygen atoms in total. The molecule has 1 aliphatic heterocycles. The molecule has 2 heterocycles. The summed E-state index contributed by atoms with van der Waals surface area (Å²) in [6.07, 6.45) is 2.53. The molecule has 0 saturated heterocycles. The number of hydrogen-bond donors (Lipinski definition) is 0. The minimum Gasteiger partial charge on any atom is -0.339 e. The summed E-state index contributed by atoms with van der Waals surface area (Å²) in [5, 5.41) is 4.61. The first-order chi connectivity index (χ1) is 15.4. The summed E-state index contributed by atoms with van der Waals surface area (Å²) < 4.78 is 5.20. The number of hydrogen-bond acceptors (Lipinski definition) is 6. The van der Waals surface area contributed by atoms with Crippen molar-refractivity contribution < 1.29 is 9.32 Å². The molecule has 0 bridgehead atoms. The van der Waals surface area contributed by atoms with Crippen molar-refractivity contribution in [3.8, 4) is 0 Å². The van der Waals surface area contributed by atoms with Crippen LogP contribution in [0.3, 0.4) is 0 Å². The van der Waals surface area contributed by atoms with E-state index in [1.54, 1.807) is 4.90 Å².